The lowest BCUT2D eigenvalue weighted by atomic mass is 10.0. The van der Waals surface area contributed by atoms with Gasteiger partial charge < -0.3 is 14.4 Å². The first-order chi connectivity index (χ1) is 9.11. The van der Waals surface area contributed by atoms with Crippen molar-refractivity contribution >= 4 is 11.8 Å². The van der Waals surface area contributed by atoms with Crippen molar-refractivity contribution in [1.82, 2.24) is 14.4 Å². The predicted octanol–water partition coefficient (Wildman–Crippen LogP) is 0.575. The van der Waals surface area contributed by atoms with Crippen LogP contribution < -0.4 is 0 Å². The molecular formula is C14H19N3O2. The fraction of sp³-hybridized carbons (Fsp3) is 0.571. The van der Waals surface area contributed by atoms with Crippen molar-refractivity contribution in [2.45, 2.75) is 6.92 Å². The molecule has 19 heavy (non-hydrogen) atoms. The summed E-state index contributed by atoms with van der Waals surface area (Å²) in [6, 6.07) is 3.70. The Hall–Kier alpha value is -1.78. The molecule has 2 saturated heterocycles. The number of fused-ring (bicyclic) bond motifs is 1. The summed E-state index contributed by atoms with van der Waals surface area (Å²) in [6.07, 6.45) is 1.87. The summed E-state index contributed by atoms with van der Waals surface area (Å²) in [4.78, 5) is 28.3. The minimum Gasteiger partial charge on any atom is -0.347 e. The van der Waals surface area contributed by atoms with Crippen molar-refractivity contribution in [1.29, 1.82) is 0 Å². The zero-order valence-electron chi connectivity index (χ0n) is 11.4. The van der Waals surface area contributed by atoms with Crippen LogP contribution in [-0.4, -0.2) is 52.4 Å². The van der Waals surface area contributed by atoms with E-state index in [9.17, 15) is 9.59 Å². The van der Waals surface area contributed by atoms with Gasteiger partial charge in [0.1, 0.15) is 5.69 Å². The van der Waals surface area contributed by atoms with Crippen LogP contribution in [0.15, 0.2) is 18.3 Å². The number of hydrogen-bond acceptors (Lipinski definition) is 2. The van der Waals surface area contributed by atoms with Crippen LogP contribution in [0.3, 0.4) is 0 Å². The maximum Gasteiger partial charge on any atom is 0.270 e. The molecule has 3 rings (SSSR count). The van der Waals surface area contributed by atoms with E-state index in [0.717, 1.165) is 13.1 Å². The van der Waals surface area contributed by atoms with Gasteiger partial charge in [0.25, 0.3) is 5.91 Å². The molecule has 5 heteroatoms. The number of likely N-dealkylation sites (tertiary alicyclic amines) is 2. The highest BCUT2D eigenvalue weighted by molar-refractivity contribution is 5.94. The molecule has 3 heterocycles. The van der Waals surface area contributed by atoms with Crippen molar-refractivity contribution in [3.8, 4) is 0 Å². The van der Waals surface area contributed by atoms with Gasteiger partial charge in [-0.25, -0.2) is 0 Å². The Kier molecular flexibility index (Phi) is 2.84. The molecule has 2 fully saturated rings. The van der Waals surface area contributed by atoms with Crippen molar-refractivity contribution < 1.29 is 9.59 Å². The van der Waals surface area contributed by atoms with Crippen LogP contribution in [-0.2, 0) is 11.8 Å². The number of carbonyl (C=O) groups excluding carboxylic acids is 2. The number of carbonyl (C=O) groups is 2. The van der Waals surface area contributed by atoms with E-state index < -0.39 is 0 Å². The Morgan fingerprint density at radius 1 is 1.37 bits per heavy atom. The molecule has 0 N–H and O–H groups in total. The van der Waals surface area contributed by atoms with Crippen LogP contribution >= 0.6 is 0 Å². The van der Waals surface area contributed by atoms with E-state index in [1.54, 1.807) is 0 Å². The van der Waals surface area contributed by atoms with Crippen LogP contribution in [0.25, 0.3) is 0 Å². The molecule has 0 bridgehead atoms. The minimum absolute atomic E-state index is 0.0177. The molecule has 0 aliphatic carbocycles. The van der Waals surface area contributed by atoms with Gasteiger partial charge in [0, 0.05) is 45.3 Å². The Morgan fingerprint density at radius 2 is 2.16 bits per heavy atom. The summed E-state index contributed by atoms with van der Waals surface area (Å²) >= 11 is 0. The molecule has 2 atom stereocenters. The van der Waals surface area contributed by atoms with Gasteiger partial charge >= 0.3 is 0 Å². The van der Waals surface area contributed by atoms with E-state index in [-0.39, 0.29) is 17.7 Å². The van der Waals surface area contributed by atoms with Gasteiger partial charge in [-0.05, 0) is 19.1 Å². The van der Waals surface area contributed by atoms with E-state index >= 15 is 0 Å². The first-order valence-corrected chi connectivity index (χ1v) is 6.81. The van der Waals surface area contributed by atoms with Gasteiger partial charge in [-0.3, -0.25) is 9.59 Å². The van der Waals surface area contributed by atoms with Crippen LogP contribution in [0.1, 0.15) is 17.4 Å². The van der Waals surface area contributed by atoms with E-state index in [2.05, 4.69) is 0 Å². The highest BCUT2D eigenvalue weighted by Crippen LogP contribution is 2.32. The second kappa shape index (κ2) is 4.40. The fourth-order valence-corrected chi connectivity index (χ4v) is 3.24. The second-order valence-electron chi connectivity index (χ2n) is 5.46. The maximum absolute atomic E-state index is 12.4. The molecule has 0 radical (unpaired) electrons. The molecule has 2 amide bonds. The average molecular weight is 261 g/mol. The highest BCUT2D eigenvalue weighted by atomic mass is 16.2. The Labute approximate surface area is 112 Å². The number of aromatic nitrogens is 1. The summed E-state index contributed by atoms with van der Waals surface area (Å²) < 4.78 is 1.83. The Balaban J connectivity index is 1.73. The van der Waals surface area contributed by atoms with E-state index in [1.165, 1.54) is 0 Å². The largest absolute Gasteiger partial charge is 0.347 e. The topological polar surface area (TPSA) is 45.5 Å². The number of rotatable bonds is 2. The number of hydrogen-bond donors (Lipinski definition) is 0. The van der Waals surface area contributed by atoms with Gasteiger partial charge in [0.15, 0.2) is 0 Å². The monoisotopic (exact) mass is 261 g/mol. The zero-order chi connectivity index (χ0) is 13.6. The van der Waals surface area contributed by atoms with Crippen LogP contribution in [0, 0.1) is 11.8 Å². The third-order valence-corrected chi connectivity index (χ3v) is 4.36. The second-order valence-corrected chi connectivity index (χ2v) is 5.46. The average Bonchev–Trinajstić information content (AvgIpc) is 3.05. The smallest absolute Gasteiger partial charge is 0.270 e. The highest BCUT2D eigenvalue weighted by Gasteiger charge is 2.47. The normalized spacial score (nSPS) is 26.1. The lowest BCUT2D eigenvalue weighted by Gasteiger charge is -2.21. The van der Waals surface area contributed by atoms with Gasteiger partial charge in [0.2, 0.25) is 5.91 Å². The summed E-state index contributed by atoms with van der Waals surface area (Å²) in [5.74, 6) is 0.591. The summed E-state index contributed by atoms with van der Waals surface area (Å²) in [5, 5.41) is 0. The number of amides is 2. The van der Waals surface area contributed by atoms with Crippen LogP contribution in [0.5, 0.6) is 0 Å². The Bertz CT molecular complexity index is 523. The van der Waals surface area contributed by atoms with Crippen molar-refractivity contribution in [3.05, 3.63) is 24.0 Å². The standard InChI is InChI=1S/C14H19N3O2/c1-3-16-7-10-8-17(9-11(10)13(16)18)14(19)12-5-4-6-15(12)2/h4-6,10-11H,3,7-9H2,1-2H3/t10-,11+/m0/s1. The third kappa shape index (κ3) is 1.84. The molecule has 2 aliphatic heterocycles. The maximum atomic E-state index is 12.4. The molecule has 0 aromatic carbocycles. The van der Waals surface area contributed by atoms with Crippen molar-refractivity contribution in [2.24, 2.45) is 18.9 Å². The summed E-state index contributed by atoms with van der Waals surface area (Å²) in [7, 11) is 1.87. The first-order valence-electron chi connectivity index (χ1n) is 6.81. The molecule has 0 saturated carbocycles. The number of nitrogens with zero attached hydrogens (tertiary/aromatic N) is 3. The number of aryl methyl sites for hydroxylation is 1. The van der Waals surface area contributed by atoms with Gasteiger partial charge in [0.05, 0.1) is 5.92 Å². The molecule has 0 spiro atoms. The lowest BCUT2D eigenvalue weighted by molar-refractivity contribution is -0.130. The molecule has 5 nitrogen and oxygen atoms in total. The molecule has 0 unspecified atom stereocenters. The summed E-state index contributed by atoms with van der Waals surface area (Å²) in [5.41, 5.74) is 0.694. The SMILES string of the molecule is CCN1C[C@H]2CN(C(=O)c3cccn3C)C[C@H]2C1=O. The molecule has 1 aromatic heterocycles. The van der Waals surface area contributed by atoms with Crippen molar-refractivity contribution in [3.63, 3.8) is 0 Å². The van der Waals surface area contributed by atoms with Crippen LogP contribution in [0.2, 0.25) is 0 Å². The summed E-state index contributed by atoms with van der Waals surface area (Å²) in [6.45, 7) is 4.86. The van der Waals surface area contributed by atoms with Crippen molar-refractivity contribution in [2.75, 3.05) is 26.2 Å². The predicted molar refractivity (Wildman–Crippen MR) is 70.6 cm³/mol. The van der Waals surface area contributed by atoms with E-state index in [4.69, 9.17) is 0 Å². The third-order valence-electron chi connectivity index (χ3n) is 4.36. The quantitative estimate of drug-likeness (QED) is 0.781. The zero-order valence-corrected chi connectivity index (χ0v) is 11.4. The van der Waals surface area contributed by atoms with Gasteiger partial charge in [-0.1, -0.05) is 0 Å². The minimum atomic E-state index is 0.0177. The first kappa shape index (κ1) is 12.3. The Morgan fingerprint density at radius 3 is 2.74 bits per heavy atom. The van der Waals surface area contributed by atoms with Gasteiger partial charge in [-0.2, -0.15) is 0 Å². The fourth-order valence-electron chi connectivity index (χ4n) is 3.24. The molecule has 1 aromatic rings. The van der Waals surface area contributed by atoms with E-state index in [1.807, 2.05) is 46.7 Å². The molecular weight excluding hydrogens is 242 g/mol. The van der Waals surface area contributed by atoms with Crippen LogP contribution in [0.4, 0.5) is 0 Å². The molecule has 102 valence electrons. The van der Waals surface area contributed by atoms with Gasteiger partial charge in [-0.15, -0.1) is 0 Å². The lowest BCUT2D eigenvalue weighted by Crippen LogP contribution is -2.36. The molecule has 2 aliphatic rings. The van der Waals surface area contributed by atoms with E-state index in [0.29, 0.717) is 24.7 Å².